The van der Waals surface area contributed by atoms with E-state index in [9.17, 15) is 4.39 Å². The van der Waals surface area contributed by atoms with Crippen LogP contribution in [0.5, 0.6) is 0 Å². The molecule has 0 amide bonds. The average molecular weight is 439 g/mol. The molecule has 164 valence electrons. The summed E-state index contributed by atoms with van der Waals surface area (Å²) < 4.78 is 18.8. The van der Waals surface area contributed by atoms with E-state index >= 15 is 0 Å². The Bertz CT molecular complexity index is 1440. The first-order chi connectivity index (χ1) is 16.0. The summed E-state index contributed by atoms with van der Waals surface area (Å²) in [5.74, 6) is 0.960. The highest BCUT2D eigenvalue weighted by Gasteiger charge is 2.12. The lowest BCUT2D eigenvalue weighted by Crippen LogP contribution is -2.09. The predicted molar refractivity (Wildman–Crippen MR) is 128 cm³/mol. The van der Waals surface area contributed by atoms with Gasteiger partial charge in [0.1, 0.15) is 17.2 Å². The van der Waals surface area contributed by atoms with Gasteiger partial charge in [-0.15, -0.1) is 0 Å². The highest BCUT2D eigenvalue weighted by molar-refractivity contribution is 5.85. The number of hydrogen-bond acceptors (Lipinski definition) is 5. The molecule has 0 aliphatic heterocycles. The van der Waals surface area contributed by atoms with E-state index in [0.717, 1.165) is 50.3 Å². The van der Waals surface area contributed by atoms with E-state index in [1.54, 1.807) is 18.5 Å². The van der Waals surface area contributed by atoms with Crippen LogP contribution in [0.15, 0.2) is 77.5 Å². The Morgan fingerprint density at radius 1 is 0.909 bits per heavy atom. The number of anilines is 1. The highest BCUT2D eigenvalue weighted by atomic mass is 19.1. The fraction of sp³-hybridized carbons (Fsp3) is 0.148. The Morgan fingerprint density at radius 3 is 2.58 bits per heavy atom. The van der Waals surface area contributed by atoms with Crippen LogP contribution in [-0.4, -0.2) is 15.0 Å². The van der Waals surface area contributed by atoms with E-state index < -0.39 is 5.95 Å². The number of furan rings is 1. The van der Waals surface area contributed by atoms with Crippen molar-refractivity contribution < 1.29 is 8.81 Å². The second kappa shape index (κ2) is 8.47. The Kier molecular flexibility index (Phi) is 5.34. The van der Waals surface area contributed by atoms with Crippen LogP contribution in [0.1, 0.15) is 29.9 Å². The zero-order valence-electron chi connectivity index (χ0n) is 18.6. The first-order valence-electron chi connectivity index (χ1n) is 10.8. The summed E-state index contributed by atoms with van der Waals surface area (Å²) in [6.07, 6.45) is 3.32. The molecular formula is C27H23FN4O. The van der Waals surface area contributed by atoms with Gasteiger partial charge in [-0.1, -0.05) is 18.2 Å². The smallest absolute Gasteiger partial charge is 0.212 e. The third-order valence-electron chi connectivity index (χ3n) is 5.71. The maximum atomic E-state index is 13.2. The largest absolute Gasteiger partial charge is 0.464 e. The van der Waals surface area contributed by atoms with Gasteiger partial charge in [0, 0.05) is 34.8 Å². The van der Waals surface area contributed by atoms with E-state index in [1.807, 2.05) is 44.2 Å². The third kappa shape index (κ3) is 4.32. The van der Waals surface area contributed by atoms with Crippen LogP contribution in [0, 0.1) is 19.8 Å². The zero-order valence-corrected chi connectivity index (χ0v) is 18.6. The van der Waals surface area contributed by atoms with Gasteiger partial charge in [0.25, 0.3) is 0 Å². The molecule has 1 atom stereocenters. The van der Waals surface area contributed by atoms with Crippen molar-refractivity contribution in [1.82, 2.24) is 15.0 Å². The second-order valence-electron chi connectivity index (χ2n) is 8.18. The molecule has 0 aliphatic carbocycles. The summed E-state index contributed by atoms with van der Waals surface area (Å²) in [5.41, 5.74) is 6.77. The summed E-state index contributed by atoms with van der Waals surface area (Å²) in [6, 6.07) is 19.3. The van der Waals surface area contributed by atoms with Gasteiger partial charge in [-0.25, -0.2) is 15.0 Å². The maximum Gasteiger partial charge on any atom is 0.212 e. The molecule has 5 rings (SSSR count). The molecule has 0 saturated heterocycles. The first-order valence-corrected chi connectivity index (χ1v) is 10.8. The lowest BCUT2D eigenvalue weighted by molar-refractivity contribution is 0.584. The number of nitrogens with one attached hydrogen (secondary N) is 1. The minimum Gasteiger partial charge on any atom is -0.464 e. The number of aromatic nitrogens is 3. The van der Waals surface area contributed by atoms with Crippen molar-refractivity contribution in [3.8, 4) is 22.4 Å². The minimum atomic E-state index is -0.484. The molecule has 1 N–H and O–H groups in total. The van der Waals surface area contributed by atoms with Gasteiger partial charge in [0.2, 0.25) is 5.95 Å². The number of fused-ring (bicyclic) bond motifs is 1. The molecule has 1 unspecified atom stereocenters. The van der Waals surface area contributed by atoms with E-state index in [1.165, 1.54) is 6.07 Å². The Morgan fingerprint density at radius 2 is 1.76 bits per heavy atom. The summed E-state index contributed by atoms with van der Waals surface area (Å²) in [7, 11) is 0. The Labute approximate surface area is 191 Å². The van der Waals surface area contributed by atoms with E-state index in [2.05, 4.69) is 45.4 Å². The van der Waals surface area contributed by atoms with Crippen LogP contribution in [0.25, 0.3) is 33.4 Å². The molecule has 0 bridgehead atoms. The molecule has 5 nitrogen and oxygen atoms in total. The van der Waals surface area contributed by atoms with Gasteiger partial charge in [-0.05, 0) is 73.9 Å². The molecule has 0 saturated carbocycles. The summed E-state index contributed by atoms with van der Waals surface area (Å²) in [4.78, 5) is 13.0. The first kappa shape index (κ1) is 20.8. The minimum absolute atomic E-state index is 0.000828. The number of nitrogens with zero attached hydrogens (tertiary/aromatic N) is 3. The molecule has 2 aromatic carbocycles. The normalized spacial score (nSPS) is 12.1. The summed E-state index contributed by atoms with van der Waals surface area (Å²) in [6.45, 7) is 6.01. The molecule has 6 heteroatoms. The molecule has 0 fully saturated rings. The van der Waals surface area contributed by atoms with Gasteiger partial charge >= 0.3 is 0 Å². The SMILES string of the molecule is Cc1nc(NC(C)c2cccc(-c3ccc(F)nc3)c2)cc(-c2ccc3occ(C)c3c2)n1. The van der Waals surface area contributed by atoms with Crippen LogP contribution in [0.3, 0.4) is 0 Å². The lowest BCUT2D eigenvalue weighted by Gasteiger charge is -2.17. The molecule has 0 radical (unpaired) electrons. The van der Waals surface area contributed by atoms with Crippen molar-refractivity contribution in [2.75, 3.05) is 5.32 Å². The number of benzene rings is 2. The fourth-order valence-electron chi connectivity index (χ4n) is 3.94. The molecule has 33 heavy (non-hydrogen) atoms. The van der Waals surface area contributed by atoms with Gasteiger partial charge in [0.05, 0.1) is 12.0 Å². The number of pyridine rings is 1. The zero-order chi connectivity index (χ0) is 22.9. The van der Waals surface area contributed by atoms with E-state index in [0.29, 0.717) is 5.82 Å². The van der Waals surface area contributed by atoms with Crippen molar-refractivity contribution in [3.63, 3.8) is 0 Å². The quantitative estimate of drug-likeness (QED) is 0.303. The standard InChI is InChI=1S/C27H23FN4O/c1-16-15-33-25-9-7-21(12-23(16)25)24-13-27(32-18(3)31-24)30-17(2)19-5-4-6-20(11-19)22-8-10-26(28)29-14-22/h4-15,17H,1-3H3,(H,30,31,32). The number of rotatable bonds is 5. The monoisotopic (exact) mass is 438 g/mol. The van der Waals surface area contributed by atoms with Crippen molar-refractivity contribution in [1.29, 1.82) is 0 Å². The molecule has 3 heterocycles. The summed E-state index contributed by atoms with van der Waals surface area (Å²) >= 11 is 0. The molecule has 0 spiro atoms. The summed E-state index contributed by atoms with van der Waals surface area (Å²) in [5, 5.41) is 4.58. The molecule has 5 aromatic rings. The topological polar surface area (TPSA) is 63.8 Å². The van der Waals surface area contributed by atoms with Crippen LogP contribution in [0.4, 0.5) is 10.2 Å². The Hall–Kier alpha value is -4.06. The van der Waals surface area contributed by atoms with Crippen LogP contribution < -0.4 is 5.32 Å². The van der Waals surface area contributed by atoms with Crippen LogP contribution >= 0.6 is 0 Å². The fourth-order valence-corrected chi connectivity index (χ4v) is 3.94. The van der Waals surface area contributed by atoms with E-state index in [-0.39, 0.29) is 6.04 Å². The molecule has 0 aliphatic rings. The lowest BCUT2D eigenvalue weighted by atomic mass is 10.0. The number of halogens is 1. The Balaban J connectivity index is 1.42. The molecular weight excluding hydrogens is 415 g/mol. The van der Waals surface area contributed by atoms with Crippen LogP contribution in [-0.2, 0) is 0 Å². The van der Waals surface area contributed by atoms with Crippen molar-refractivity contribution >= 4 is 16.8 Å². The van der Waals surface area contributed by atoms with Gasteiger partial charge in [0.15, 0.2) is 0 Å². The van der Waals surface area contributed by atoms with Gasteiger partial charge < -0.3 is 9.73 Å². The van der Waals surface area contributed by atoms with Gasteiger partial charge in [-0.3, -0.25) is 0 Å². The van der Waals surface area contributed by atoms with Crippen molar-refractivity contribution in [3.05, 3.63) is 96.0 Å². The van der Waals surface area contributed by atoms with Crippen LogP contribution in [0.2, 0.25) is 0 Å². The average Bonchev–Trinajstić information content (AvgIpc) is 3.19. The third-order valence-corrected chi connectivity index (χ3v) is 5.71. The maximum absolute atomic E-state index is 13.2. The van der Waals surface area contributed by atoms with Crippen molar-refractivity contribution in [2.45, 2.75) is 26.8 Å². The van der Waals surface area contributed by atoms with Gasteiger partial charge in [-0.2, -0.15) is 4.39 Å². The predicted octanol–water partition coefficient (Wildman–Crippen LogP) is 6.88. The molecule has 3 aromatic heterocycles. The number of hydrogen-bond donors (Lipinski definition) is 1. The highest BCUT2D eigenvalue weighted by Crippen LogP contribution is 2.29. The van der Waals surface area contributed by atoms with Crippen molar-refractivity contribution in [2.24, 2.45) is 0 Å². The number of aryl methyl sites for hydroxylation is 2. The van der Waals surface area contributed by atoms with E-state index in [4.69, 9.17) is 4.42 Å². The second-order valence-corrected chi connectivity index (χ2v) is 8.18.